The number of benzene rings is 1. The van der Waals surface area contributed by atoms with Crippen molar-refractivity contribution in [3.63, 3.8) is 0 Å². The summed E-state index contributed by atoms with van der Waals surface area (Å²) in [5.74, 6) is 0.234. The summed E-state index contributed by atoms with van der Waals surface area (Å²) in [6, 6.07) is 7.49. The van der Waals surface area contributed by atoms with E-state index in [0.29, 0.717) is 25.6 Å². The Morgan fingerprint density at radius 2 is 2.10 bits per heavy atom. The van der Waals surface area contributed by atoms with Crippen molar-refractivity contribution in [1.82, 2.24) is 20.6 Å². The van der Waals surface area contributed by atoms with Crippen molar-refractivity contribution in [1.29, 1.82) is 0 Å². The number of hydrogen-bond acceptors (Lipinski definition) is 5. The van der Waals surface area contributed by atoms with Gasteiger partial charge in [-0.05, 0) is 37.1 Å². The van der Waals surface area contributed by atoms with Gasteiger partial charge in [0.2, 0.25) is 5.95 Å². The predicted molar refractivity (Wildman–Crippen MR) is 112 cm³/mol. The molecule has 1 aliphatic heterocycles. The standard InChI is InChI=1S/C20H25F4N7/c1-25-18(27-9-10-28-19-26-8-7-17(30-19)20(22,23)24)29-15-5-3-11-31(13-15)16-6-2-4-14(21)12-16/h2,4,6-8,12,15H,3,5,9-11,13H2,1H3,(H2,25,27,29)(H,26,28,30). The van der Waals surface area contributed by atoms with Crippen LogP contribution in [0.2, 0.25) is 0 Å². The van der Waals surface area contributed by atoms with Gasteiger partial charge in [0.05, 0.1) is 0 Å². The molecule has 1 unspecified atom stereocenters. The fourth-order valence-corrected chi connectivity index (χ4v) is 3.35. The van der Waals surface area contributed by atoms with Gasteiger partial charge in [0.1, 0.15) is 11.5 Å². The molecule has 3 rings (SSSR count). The first-order chi connectivity index (χ1) is 14.8. The van der Waals surface area contributed by atoms with Crippen LogP contribution in [0.3, 0.4) is 0 Å². The minimum atomic E-state index is -4.51. The monoisotopic (exact) mass is 439 g/mol. The van der Waals surface area contributed by atoms with Crippen LogP contribution in [0.4, 0.5) is 29.2 Å². The average Bonchev–Trinajstić information content (AvgIpc) is 2.75. The fraction of sp³-hybridized carbons (Fsp3) is 0.450. The highest BCUT2D eigenvalue weighted by molar-refractivity contribution is 5.80. The Hall–Kier alpha value is -3.11. The number of halogens is 4. The predicted octanol–water partition coefficient (Wildman–Crippen LogP) is 2.88. The number of piperidine rings is 1. The molecule has 1 aromatic heterocycles. The molecule has 0 spiro atoms. The first-order valence-corrected chi connectivity index (χ1v) is 9.97. The molecule has 0 amide bonds. The van der Waals surface area contributed by atoms with Crippen molar-refractivity contribution in [2.45, 2.75) is 25.1 Å². The van der Waals surface area contributed by atoms with E-state index in [0.717, 1.165) is 37.3 Å². The zero-order chi connectivity index (χ0) is 22.3. The highest BCUT2D eigenvalue weighted by Crippen LogP contribution is 2.27. The van der Waals surface area contributed by atoms with Crippen LogP contribution in [0.1, 0.15) is 18.5 Å². The van der Waals surface area contributed by atoms with Crippen molar-refractivity contribution in [3.05, 3.63) is 48.0 Å². The third-order valence-electron chi connectivity index (χ3n) is 4.81. The maximum atomic E-state index is 13.5. The zero-order valence-electron chi connectivity index (χ0n) is 17.1. The van der Waals surface area contributed by atoms with Gasteiger partial charge in [-0.15, -0.1) is 0 Å². The molecular weight excluding hydrogens is 414 g/mol. The molecule has 2 heterocycles. The van der Waals surface area contributed by atoms with Crippen LogP contribution < -0.4 is 20.9 Å². The second kappa shape index (κ2) is 10.3. The van der Waals surface area contributed by atoms with E-state index in [-0.39, 0.29) is 17.8 Å². The molecule has 0 bridgehead atoms. The number of aliphatic imine (C=N–C) groups is 1. The van der Waals surface area contributed by atoms with Gasteiger partial charge in [-0.25, -0.2) is 14.4 Å². The SMILES string of the molecule is CN=C(NCCNc1nccc(C(F)(F)F)n1)NC1CCCN(c2cccc(F)c2)C1. The molecule has 0 aliphatic carbocycles. The molecule has 2 aromatic rings. The van der Waals surface area contributed by atoms with Crippen LogP contribution in [0.5, 0.6) is 0 Å². The van der Waals surface area contributed by atoms with Crippen LogP contribution in [0.25, 0.3) is 0 Å². The Morgan fingerprint density at radius 1 is 1.26 bits per heavy atom. The summed E-state index contributed by atoms with van der Waals surface area (Å²) in [6.07, 6.45) is -1.54. The number of nitrogens with zero attached hydrogens (tertiary/aromatic N) is 4. The van der Waals surface area contributed by atoms with Gasteiger partial charge < -0.3 is 20.9 Å². The number of alkyl halides is 3. The van der Waals surface area contributed by atoms with Gasteiger partial charge in [-0.2, -0.15) is 13.2 Å². The molecule has 31 heavy (non-hydrogen) atoms. The molecule has 1 fully saturated rings. The van der Waals surface area contributed by atoms with Gasteiger partial charge in [0.25, 0.3) is 0 Å². The van der Waals surface area contributed by atoms with Gasteiger partial charge >= 0.3 is 6.18 Å². The van der Waals surface area contributed by atoms with Crippen LogP contribution >= 0.6 is 0 Å². The highest BCUT2D eigenvalue weighted by atomic mass is 19.4. The summed E-state index contributed by atoms with van der Waals surface area (Å²) in [4.78, 5) is 13.6. The minimum absolute atomic E-state index is 0.0856. The molecule has 1 atom stereocenters. The summed E-state index contributed by atoms with van der Waals surface area (Å²) >= 11 is 0. The number of anilines is 2. The molecule has 168 valence electrons. The van der Waals surface area contributed by atoms with Gasteiger partial charge in [0, 0.05) is 51.2 Å². The maximum Gasteiger partial charge on any atom is 0.433 e. The summed E-state index contributed by atoms with van der Waals surface area (Å²) in [5, 5.41) is 9.22. The topological polar surface area (TPSA) is 77.5 Å². The van der Waals surface area contributed by atoms with Gasteiger partial charge in [-0.3, -0.25) is 4.99 Å². The maximum absolute atomic E-state index is 13.5. The Bertz CT molecular complexity index is 888. The Labute approximate surface area is 178 Å². The lowest BCUT2D eigenvalue weighted by Crippen LogP contribution is -2.51. The van der Waals surface area contributed by atoms with E-state index in [1.54, 1.807) is 13.1 Å². The lowest BCUT2D eigenvalue weighted by Gasteiger charge is -2.35. The Kier molecular flexibility index (Phi) is 7.48. The molecule has 3 N–H and O–H groups in total. The fourth-order valence-electron chi connectivity index (χ4n) is 3.35. The lowest BCUT2D eigenvalue weighted by atomic mass is 10.0. The third kappa shape index (κ3) is 6.69. The largest absolute Gasteiger partial charge is 0.433 e. The summed E-state index contributed by atoms with van der Waals surface area (Å²) in [5.41, 5.74) is -0.143. The molecule has 11 heteroatoms. The van der Waals surface area contributed by atoms with Crippen molar-refractivity contribution in [3.8, 4) is 0 Å². The smallest absolute Gasteiger partial charge is 0.369 e. The van der Waals surface area contributed by atoms with E-state index in [1.165, 1.54) is 12.1 Å². The van der Waals surface area contributed by atoms with E-state index in [2.05, 4.69) is 35.8 Å². The molecule has 0 saturated carbocycles. The van der Waals surface area contributed by atoms with Gasteiger partial charge in [-0.1, -0.05) is 6.07 Å². The number of guanidine groups is 1. The molecule has 1 aromatic carbocycles. The van der Waals surface area contributed by atoms with E-state index in [4.69, 9.17) is 0 Å². The summed E-state index contributed by atoms with van der Waals surface area (Å²) < 4.78 is 51.6. The molecular formula is C20H25F4N7. The van der Waals surface area contributed by atoms with Crippen molar-refractivity contribution < 1.29 is 17.6 Å². The van der Waals surface area contributed by atoms with Crippen LogP contribution in [-0.4, -0.2) is 55.2 Å². The number of nitrogens with one attached hydrogen (secondary N) is 3. The third-order valence-corrected chi connectivity index (χ3v) is 4.81. The van der Waals surface area contributed by atoms with Gasteiger partial charge in [0.15, 0.2) is 5.96 Å². The second-order valence-electron chi connectivity index (χ2n) is 7.10. The van der Waals surface area contributed by atoms with E-state index in [1.807, 2.05) is 6.07 Å². The Morgan fingerprint density at radius 3 is 2.84 bits per heavy atom. The van der Waals surface area contributed by atoms with E-state index >= 15 is 0 Å². The number of rotatable bonds is 6. The summed E-state index contributed by atoms with van der Waals surface area (Å²) in [7, 11) is 1.64. The Balaban J connectivity index is 1.45. The summed E-state index contributed by atoms with van der Waals surface area (Å²) in [6.45, 7) is 2.27. The number of hydrogen-bond donors (Lipinski definition) is 3. The van der Waals surface area contributed by atoms with Crippen molar-refractivity contribution >= 4 is 17.6 Å². The average molecular weight is 439 g/mol. The lowest BCUT2D eigenvalue weighted by molar-refractivity contribution is -0.141. The highest BCUT2D eigenvalue weighted by Gasteiger charge is 2.32. The van der Waals surface area contributed by atoms with E-state index < -0.39 is 11.9 Å². The molecule has 0 radical (unpaired) electrons. The first-order valence-electron chi connectivity index (χ1n) is 9.97. The second-order valence-corrected chi connectivity index (χ2v) is 7.10. The molecule has 1 saturated heterocycles. The van der Waals surface area contributed by atoms with Crippen LogP contribution in [0, 0.1) is 5.82 Å². The van der Waals surface area contributed by atoms with Crippen molar-refractivity contribution in [2.24, 2.45) is 4.99 Å². The van der Waals surface area contributed by atoms with Crippen molar-refractivity contribution in [2.75, 3.05) is 43.4 Å². The number of aromatic nitrogens is 2. The first kappa shape index (κ1) is 22.6. The normalized spacial score (nSPS) is 17.4. The van der Waals surface area contributed by atoms with E-state index in [9.17, 15) is 17.6 Å². The van der Waals surface area contributed by atoms with Crippen LogP contribution in [-0.2, 0) is 6.18 Å². The molecule has 7 nitrogen and oxygen atoms in total. The van der Waals surface area contributed by atoms with Crippen LogP contribution in [0.15, 0.2) is 41.5 Å². The minimum Gasteiger partial charge on any atom is -0.369 e. The zero-order valence-corrected chi connectivity index (χ0v) is 17.1. The molecule has 1 aliphatic rings. The quantitative estimate of drug-likeness (QED) is 0.278.